The lowest BCUT2D eigenvalue weighted by atomic mass is 9.96. The summed E-state index contributed by atoms with van der Waals surface area (Å²) in [4.78, 5) is 34.1. The van der Waals surface area contributed by atoms with Crippen LogP contribution in [0, 0.1) is 0 Å². The second kappa shape index (κ2) is 14.8. The Morgan fingerprint density at radius 1 is 0.912 bits per heavy atom. The highest BCUT2D eigenvalue weighted by molar-refractivity contribution is 5.97. The Bertz CT molecular complexity index is 915. The third kappa shape index (κ3) is 10.1. The number of carbonyl (C=O) groups excluding carboxylic acids is 1. The van der Waals surface area contributed by atoms with Crippen LogP contribution in [0.3, 0.4) is 0 Å². The van der Waals surface area contributed by atoms with Crippen molar-refractivity contribution in [3.63, 3.8) is 0 Å². The molecule has 184 valence electrons. The van der Waals surface area contributed by atoms with Gasteiger partial charge < -0.3 is 15.7 Å². The van der Waals surface area contributed by atoms with E-state index in [2.05, 4.69) is 55.1 Å². The monoisotopic (exact) mass is 469 g/mol. The lowest BCUT2D eigenvalue weighted by molar-refractivity contribution is -0.134. The Labute approximate surface area is 201 Å². The van der Waals surface area contributed by atoms with Crippen molar-refractivity contribution in [2.75, 3.05) is 6.54 Å². The molecule has 1 aliphatic carbocycles. The molecule has 3 rings (SSSR count). The predicted molar refractivity (Wildman–Crippen MR) is 132 cm³/mol. The molecule has 0 atom stereocenters. The first-order chi connectivity index (χ1) is 15.8. The third-order valence-corrected chi connectivity index (χ3v) is 5.73. The minimum atomic E-state index is -1.26. The van der Waals surface area contributed by atoms with Gasteiger partial charge in [-0.3, -0.25) is 9.69 Å². The Balaban J connectivity index is 0.000000556. The summed E-state index contributed by atoms with van der Waals surface area (Å²) in [7, 11) is 0. The van der Waals surface area contributed by atoms with Gasteiger partial charge >= 0.3 is 11.9 Å². The molecule has 2 aromatic carbocycles. The Morgan fingerprint density at radius 3 is 1.91 bits per heavy atom. The SMILES string of the molecule is CC(C)N(CC(=O)c1ccc(C2CCCC2)cc1)Cc1ccccc1.O.O=C(O)/C=C\C(=O)O. The van der Waals surface area contributed by atoms with Crippen LogP contribution in [0.5, 0.6) is 0 Å². The van der Waals surface area contributed by atoms with Gasteiger partial charge in [-0.25, -0.2) is 9.59 Å². The maximum atomic E-state index is 12.7. The molecule has 7 heteroatoms. The largest absolute Gasteiger partial charge is 0.478 e. The van der Waals surface area contributed by atoms with Crippen LogP contribution >= 0.6 is 0 Å². The number of hydrogen-bond donors (Lipinski definition) is 2. The molecule has 0 aliphatic heterocycles. The maximum absolute atomic E-state index is 12.7. The molecule has 1 fully saturated rings. The van der Waals surface area contributed by atoms with E-state index in [1.54, 1.807) is 0 Å². The van der Waals surface area contributed by atoms with Crippen molar-refractivity contribution in [2.24, 2.45) is 0 Å². The van der Waals surface area contributed by atoms with Crippen molar-refractivity contribution in [3.05, 3.63) is 83.4 Å². The van der Waals surface area contributed by atoms with Gasteiger partial charge in [0, 0.05) is 30.3 Å². The summed E-state index contributed by atoms with van der Waals surface area (Å²) in [6.45, 7) is 5.58. The zero-order valence-corrected chi connectivity index (χ0v) is 19.8. The molecule has 7 nitrogen and oxygen atoms in total. The summed E-state index contributed by atoms with van der Waals surface area (Å²) in [6, 6.07) is 19.1. The number of hydrogen-bond acceptors (Lipinski definition) is 4. The molecule has 0 aromatic heterocycles. The highest BCUT2D eigenvalue weighted by Crippen LogP contribution is 2.34. The number of aliphatic carboxylic acids is 2. The van der Waals surface area contributed by atoms with Crippen molar-refractivity contribution in [3.8, 4) is 0 Å². The van der Waals surface area contributed by atoms with E-state index >= 15 is 0 Å². The van der Waals surface area contributed by atoms with Gasteiger partial charge in [0.2, 0.25) is 0 Å². The first-order valence-corrected chi connectivity index (χ1v) is 11.3. The van der Waals surface area contributed by atoms with Crippen molar-refractivity contribution in [1.82, 2.24) is 4.90 Å². The molecule has 4 N–H and O–H groups in total. The molecule has 0 spiro atoms. The Hall–Kier alpha value is -3.29. The van der Waals surface area contributed by atoms with Crippen LogP contribution in [0.1, 0.15) is 66.9 Å². The summed E-state index contributed by atoms with van der Waals surface area (Å²) in [5.74, 6) is -1.60. The molecular weight excluding hydrogens is 434 g/mol. The van der Waals surface area contributed by atoms with Crippen molar-refractivity contribution < 1.29 is 30.1 Å². The van der Waals surface area contributed by atoms with Crippen LogP contribution in [0.25, 0.3) is 0 Å². The van der Waals surface area contributed by atoms with Gasteiger partial charge in [-0.1, -0.05) is 67.4 Å². The van der Waals surface area contributed by atoms with E-state index in [-0.39, 0.29) is 11.3 Å². The van der Waals surface area contributed by atoms with E-state index in [9.17, 15) is 14.4 Å². The fraction of sp³-hybridized carbons (Fsp3) is 0.370. The van der Waals surface area contributed by atoms with Crippen molar-refractivity contribution in [1.29, 1.82) is 0 Å². The Morgan fingerprint density at radius 2 is 1.44 bits per heavy atom. The number of carboxylic acids is 2. The van der Waals surface area contributed by atoms with Gasteiger partial charge in [0.15, 0.2) is 5.78 Å². The molecule has 0 heterocycles. The van der Waals surface area contributed by atoms with Crippen LogP contribution < -0.4 is 0 Å². The standard InChI is InChI=1S/C23H29NO.C4H4O4.H2O/c1-18(2)24(16-19-8-4-3-5-9-19)17-23(25)22-14-12-21(13-15-22)20-10-6-7-11-20;5-3(6)1-2-4(7)8;/h3-5,8-9,12-15,18,20H,6-7,10-11,16-17H2,1-2H3;1-2H,(H,5,6)(H,7,8);1H2/b;2-1-;. The summed E-state index contributed by atoms with van der Waals surface area (Å²) >= 11 is 0. The van der Waals surface area contributed by atoms with Crippen molar-refractivity contribution in [2.45, 2.75) is 58.0 Å². The lowest BCUT2D eigenvalue weighted by Gasteiger charge is -2.26. The second-order valence-electron chi connectivity index (χ2n) is 8.52. The topological polar surface area (TPSA) is 126 Å². The molecule has 34 heavy (non-hydrogen) atoms. The Kier molecular flexibility index (Phi) is 12.5. The van der Waals surface area contributed by atoms with Gasteiger partial charge in [-0.15, -0.1) is 0 Å². The van der Waals surface area contributed by atoms with E-state index < -0.39 is 11.9 Å². The maximum Gasteiger partial charge on any atom is 0.328 e. The first kappa shape index (κ1) is 28.7. The van der Waals surface area contributed by atoms with Gasteiger partial charge in [-0.05, 0) is 43.7 Å². The van der Waals surface area contributed by atoms with Crippen LogP contribution in [-0.4, -0.2) is 50.9 Å². The second-order valence-corrected chi connectivity index (χ2v) is 8.52. The molecule has 0 radical (unpaired) electrons. The van der Waals surface area contributed by atoms with Gasteiger partial charge in [0.05, 0.1) is 6.54 Å². The van der Waals surface area contributed by atoms with E-state index in [0.717, 1.165) is 12.1 Å². The van der Waals surface area contributed by atoms with Gasteiger partial charge in [0.1, 0.15) is 0 Å². The fourth-order valence-electron chi connectivity index (χ4n) is 3.86. The number of carbonyl (C=O) groups is 3. The molecule has 0 amide bonds. The number of Topliss-reactive ketones (excluding diaryl/α,β-unsaturated/α-hetero) is 1. The minimum Gasteiger partial charge on any atom is -0.478 e. The quantitative estimate of drug-likeness (QED) is 0.416. The summed E-state index contributed by atoms with van der Waals surface area (Å²) in [5, 5.41) is 15.6. The number of benzene rings is 2. The van der Waals surface area contributed by atoms with Crippen LogP contribution in [0.15, 0.2) is 66.7 Å². The lowest BCUT2D eigenvalue weighted by Crippen LogP contribution is -2.35. The average molecular weight is 470 g/mol. The number of carboxylic acid groups (broad SMARTS) is 2. The highest BCUT2D eigenvalue weighted by Gasteiger charge is 2.19. The normalized spacial score (nSPS) is 13.4. The molecule has 0 saturated heterocycles. The molecule has 0 unspecified atom stereocenters. The highest BCUT2D eigenvalue weighted by atomic mass is 16.4. The zero-order chi connectivity index (χ0) is 24.2. The van der Waals surface area contributed by atoms with Gasteiger partial charge in [-0.2, -0.15) is 0 Å². The van der Waals surface area contributed by atoms with E-state index in [1.807, 2.05) is 18.2 Å². The minimum absolute atomic E-state index is 0. The van der Waals surface area contributed by atoms with E-state index in [4.69, 9.17) is 10.2 Å². The van der Waals surface area contributed by atoms with Crippen LogP contribution in [-0.2, 0) is 16.1 Å². The molecular formula is C27H35NO6. The molecule has 1 aliphatic rings. The van der Waals surface area contributed by atoms with Gasteiger partial charge in [0.25, 0.3) is 0 Å². The third-order valence-electron chi connectivity index (χ3n) is 5.73. The van der Waals surface area contributed by atoms with E-state index in [0.29, 0.717) is 30.7 Å². The number of rotatable bonds is 9. The molecule has 0 bridgehead atoms. The van der Waals surface area contributed by atoms with Crippen LogP contribution in [0.2, 0.25) is 0 Å². The predicted octanol–water partition coefficient (Wildman–Crippen LogP) is 4.32. The van der Waals surface area contributed by atoms with Crippen LogP contribution in [0.4, 0.5) is 0 Å². The smallest absolute Gasteiger partial charge is 0.328 e. The summed E-state index contributed by atoms with van der Waals surface area (Å²) in [6.07, 6.45) is 6.39. The summed E-state index contributed by atoms with van der Waals surface area (Å²) in [5.41, 5.74) is 3.49. The average Bonchev–Trinajstić information content (AvgIpc) is 3.33. The zero-order valence-electron chi connectivity index (χ0n) is 19.8. The fourth-order valence-corrected chi connectivity index (χ4v) is 3.86. The van der Waals surface area contributed by atoms with Crippen molar-refractivity contribution >= 4 is 17.7 Å². The first-order valence-electron chi connectivity index (χ1n) is 11.3. The molecule has 1 saturated carbocycles. The summed E-state index contributed by atoms with van der Waals surface area (Å²) < 4.78 is 0. The number of ketones is 1. The van der Waals surface area contributed by atoms with E-state index in [1.165, 1.54) is 36.8 Å². The molecule has 2 aromatic rings. The number of nitrogens with zero attached hydrogens (tertiary/aromatic N) is 1.